The van der Waals surface area contributed by atoms with Gasteiger partial charge in [0, 0.05) is 44.8 Å². The van der Waals surface area contributed by atoms with E-state index in [9.17, 15) is 4.79 Å². The van der Waals surface area contributed by atoms with Crippen molar-refractivity contribution in [3.05, 3.63) is 23.4 Å². The fourth-order valence-electron chi connectivity index (χ4n) is 2.25. The van der Waals surface area contributed by atoms with E-state index in [0.29, 0.717) is 11.4 Å². The van der Waals surface area contributed by atoms with Crippen molar-refractivity contribution in [3.63, 3.8) is 0 Å². The van der Waals surface area contributed by atoms with E-state index in [1.807, 2.05) is 24.0 Å². The van der Waals surface area contributed by atoms with Crippen LogP contribution in [0.1, 0.15) is 19.8 Å². The highest BCUT2D eigenvalue weighted by molar-refractivity contribution is 6.30. The van der Waals surface area contributed by atoms with Gasteiger partial charge in [-0.1, -0.05) is 11.6 Å². The predicted molar refractivity (Wildman–Crippen MR) is 95.4 cm³/mol. The van der Waals surface area contributed by atoms with Crippen LogP contribution in [0.4, 0.5) is 5.82 Å². The molecule has 0 saturated carbocycles. The standard InChI is InChI=1S/C14H21ClN4O.2ClH/c1-11(16)2-5-14(20)19-8-6-18(7-9-19)13-4-3-12(15)10-17-13;;/h3-4,10-11H,2,5-9,16H2,1H3;2*1H. The summed E-state index contributed by atoms with van der Waals surface area (Å²) < 4.78 is 0. The number of halogens is 3. The summed E-state index contributed by atoms with van der Waals surface area (Å²) in [4.78, 5) is 20.4. The highest BCUT2D eigenvalue weighted by atomic mass is 35.5. The van der Waals surface area contributed by atoms with Crippen LogP contribution in [0.2, 0.25) is 5.02 Å². The van der Waals surface area contributed by atoms with Crippen molar-refractivity contribution in [1.82, 2.24) is 9.88 Å². The summed E-state index contributed by atoms with van der Waals surface area (Å²) >= 11 is 5.83. The first-order valence-corrected chi connectivity index (χ1v) is 7.34. The molecule has 0 aliphatic carbocycles. The fourth-order valence-corrected chi connectivity index (χ4v) is 2.36. The first-order chi connectivity index (χ1) is 9.56. The van der Waals surface area contributed by atoms with Crippen molar-refractivity contribution in [2.45, 2.75) is 25.8 Å². The maximum absolute atomic E-state index is 12.0. The molecule has 22 heavy (non-hydrogen) atoms. The molecule has 1 aliphatic heterocycles. The number of hydrogen-bond donors (Lipinski definition) is 1. The second-order valence-corrected chi connectivity index (χ2v) is 5.65. The van der Waals surface area contributed by atoms with Gasteiger partial charge in [0.25, 0.3) is 0 Å². The maximum atomic E-state index is 12.0. The Morgan fingerprint density at radius 3 is 2.45 bits per heavy atom. The second-order valence-electron chi connectivity index (χ2n) is 5.22. The first-order valence-electron chi connectivity index (χ1n) is 6.96. The Labute approximate surface area is 149 Å². The van der Waals surface area contributed by atoms with Gasteiger partial charge in [-0.2, -0.15) is 0 Å². The first kappa shape index (κ1) is 21.2. The SMILES string of the molecule is CC(N)CCC(=O)N1CCN(c2ccc(Cl)cn2)CC1.Cl.Cl. The van der Waals surface area contributed by atoms with E-state index in [1.165, 1.54) is 0 Å². The average molecular weight is 370 g/mol. The lowest BCUT2D eigenvalue weighted by Gasteiger charge is -2.35. The zero-order valence-corrected chi connectivity index (χ0v) is 15.0. The molecule has 0 radical (unpaired) electrons. The van der Waals surface area contributed by atoms with Gasteiger partial charge in [0.1, 0.15) is 5.82 Å². The van der Waals surface area contributed by atoms with Crippen LogP contribution >= 0.6 is 36.4 Å². The van der Waals surface area contributed by atoms with Gasteiger partial charge in [-0.15, -0.1) is 24.8 Å². The molecule has 1 unspecified atom stereocenters. The van der Waals surface area contributed by atoms with E-state index < -0.39 is 0 Å². The minimum Gasteiger partial charge on any atom is -0.353 e. The van der Waals surface area contributed by atoms with Crippen LogP contribution < -0.4 is 10.6 Å². The van der Waals surface area contributed by atoms with E-state index in [1.54, 1.807) is 6.20 Å². The van der Waals surface area contributed by atoms with Crippen LogP contribution in [0.25, 0.3) is 0 Å². The second kappa shape index (κ2) is 10.1. The van der Waals surface area contributed by atoms with Gasteiger partial charge in [-0.05, 0) is 25.5 Å². The zero-order valence-electron chi connectivity index (χ0n) is 12.6. The molecule has 5 nitrogen and oxygen atoms in total. The van der Waals surface area contributed by atoms with E-state index in [0.717, 1.165) is 38.4 Å². The molecule has 1 amide bonds. The molecule has 1 aliphatic rings. The minimum absolute atomic E-state index is 0. The van der Waals surface area contributed by atoms with Gasteiger partial charge in [-0.3, -0.25) is 4.79 Å². The third kappa shape index (κ3) is 6.16. The van der Waals surface area contributed by atoms with E-state index >= 15 is 0 Å². The summed E-state index contributed by atoms with van der Waals surface area (Å²) in [6.45, 7) is 5.01. The predicted octanol–water partition coefficient (Wildman–Crippen LogP) is 2.35. The number of nitrogens with two attached hydrogens (primary N) is 1. The van der Waals surface area contributed by atoms with Crippen molar-refractivity contribution in [3.8, 4) is 0 Å². The molecule has 2 heterocycles. The summed E-state index contributed by atoms with van der Waals surface area (Å²) in [5, 5.41) is 0.637. The number of amides is 1. The lowest BCUT2D eigenvalue weighted by atomic mass is 10.1. The summed E-state index contributed by atoms with van der Waals surface area (Å²) in [5.41, 5.74) is 5.68. The van der Waals surface area contributed by atoms with Crippen molar-refractivity contribution in [2.24, 2.45) is 5.73 Å². The van der Waals surface area contributed by atoms with Gasteiger partial charge in [-0.25, -0.2) is 4.98 Å². The molecule has 126 valence electrons. The molecule has 1 aromatic heterocycles. The number of pyridine rings is 1. The van der Waals surface area contributed by atoms with Gasteiger partial charge in [0.05, 0.1) is 5.02 Å². The topological polar surface area (TPSA) is 62.5 Å². The average Bonchev–Trinajstić information content (AvgIpc) is 2.46. The number of nitrogens with zero attached hydrogens (tertiary/aromatic N) is 3. The number of carbonyl (C=O) groups excluding carboxylic acids is 1. The molecule has 1 saturated heterocycles. The van der Waals surface area contributed by atoms with Crippen molar-refractivity contribution in [1.29, 1.82) is 0 Å². The smallest absolute Gasteiger partial charge is 0.222 e. The number of rotatable bonds is 4. The summed E-state index contributed by atoms with van der Waals surface area (Å²) in [6.07, 6.45) is 2.94. The van der Waals surface area contributed by atoms with E-state index in [2.05, 4.69) is 9.88 Å². The van der Waals surface area contributed by atoms with Crippen LogP contribution in [-0.2, 0) is 4.79 Å². The number of piperazine rings is 1. The Morgan fingerprint density at radius 2 is 1.95 bits per heavy atom. The monoisotopic (exact) mass is 368 g/mol. The quantitative estimate of drug-likeness (QED) is 0.885. The van der Waals surface area contributed by atoms with Gasteiger partial charge in [0.15, 0.2) is 0 Å². The Bertz CT molecular complexity index is 448. The highest BCUT2D eigenvalue weighted by Crippen LogP contribution is 2.16. The molecule has 0 aromatic carbocycles. The molecule has 2 N–H and O–H groups in total. The van der Waals surface area contributed by atoms with Crippen LogP contribution in [0.15, 0.2) is 18.3 Å². The molecule has 0 spiro atoms. The normalized spacial score (nSPS) is 15.6. The molecule has 1 fully saturated rings. The number of hydrogen-bond acceptors (Lipinski definition) is 4. The molecular formula is C14H23Cl3N4O. The Kier molecular flexibility index (Phi) is 9.76. The van der Waals surface area contributed by atoms with Crippen LogP contribution in [0.5, 0.6) is 0 Å². The summed E-state index contributed by atoms with van der Waals surface area (Å²) in [5.74, 6) is 1.11. The van der Waals surface area contributed by atoms with E-state index in [-0.39, 0.29) is 36.8 Å². The van der Waals surface area contributed by atoms with Crippen molar-refractivity contribution < 1.29 is 4.79 Å². The van der Waals surface area contributed by atoms with Gasteiger partial charge >= 0.3 is 0 Å². The maximum Gasteiger partial charge on any atom is 0.222 e. The molecule has 1 aromatic rings. The third-order valence-electron chi connectivity index (χ3n) is 3.48. The largest absolute Gasteiger partial charge is 0.353 e. The van der Waals surface area contributed by atoms with Crippen LogP contribution in [-0.4, -0.2) is 48.0 Å². The number of carbonyl (C=O) groups is 1. The third-order valence-corrected chi connectivity index (χ3v) is 3.71. The highest BCUT2D eigenvalue weighted by Gasteiger charge is 2.21. The Morgan fingerprint density at radius 1 is 1.32 bits per heavy atom. The molecule has 1 atom stereocenters. The number of aromatic nitrogens is 1. The molecule has 2 rings (SSSR count). The summed E-state index contributed by atoms with van der Waals surface area (Å²) in [6, 6.07) is 3.83. The lowest BCUT2D eigenvalue weighted by Crippen LogP contribution is -2.49. The summed E-state index contributed by atoms with van der Waals surface area (Å²) in [7, 11) is 0. The van der Waals surface area contributed by atoms with Crippen LogP contribution in [0, 0.1) is 0 Å². The Balaban J connectivity index is 0.00000220. The van der Waals surface area contributed by atoms with Crippen molar-refractivity contribution in [2.75, 3.05) is 31.1 Å². The van der Waals surface area contributed by atoms with Gasteiger partial charge < -0.3 is 15.5 Å². The minimum atomic E-state index is 0. The molecular weight excluding hydrogens is 347 g/mol. The van der Waals surface area contributed by atoms with Crippen LogP contribution in [0.3, 0.4) is 0 Å². The fraction of sp³-hybridized carbons (Fsp3) is 0.571. The Hall–Kier alpha value is -0.750. The molecule has 0 bridgehead atoms. The van der Waals surface area contributed by atoms with Crippen molar-refractivity contribution >= 4 is 48.1 Å². The molecule has 8 heteroatoms. The van der Waals surface area contributed by atoms with Gasteiger partial charge in [0.2, 0.25) is 5.91 Å². The zero-order chi connectivity index (χ0) is 14.5. The number of anilines is 1. The lowest BCUT2D eigenvalue weighted by molar-refractivity contribution is -0.131. The van der Waals surface area contributed by atoms with E-state index in [4.69, 9.17) is 17.3 Å².